The van der Waals surface area contributed by atoms with Gasteiger partial charge in [0.25, 0.3) is 0 Å². The van der Waals surface area contributed by atoms with Gasteiger partial charge in [0.2, 0.25) is 0 Å². The second-order valence-electron chi connectivity index (χ2n) is 7.12. The Kier molecular flexibility index (Phi) is 12.6. The summed E-state index contributed by atoms with van der Waals surface area (Å²) < 4.78 is 87.5. The summed E-state index contributed by atoms with van der Waals surface area (Å²) >= 11 is 0. The SMILES string of the molecule is CCCCCCCCCCCCCCCCC(F)(F)C(F)(F)C(F)(F)F. The molecule has 0 aliphatic carbocycles. The predicted octanol–water partition coefficient (Wildman–Crippen LogP) is 8.69. The van der Waals surface area contributed by atoms with Crippen molar-refractivity contribution in [1.29, 1.82) is 0 Å². The van der Waals surface area contributed by atoms with E-state index >= 15 is 0 Å². The lowest BCUT2D eigenvalue weighted by Crippen LogP contribution is -2.51. The molecule has 0 saturated heterocycles. The molecule has 0 heterocycles. The van der Waals surface area contributed by atoms with Crippen LogP contribution in [0.3, 0.4) is 0 Å². The van der Waals surface area contributed by atoms with Gasteiger partial charge in [-0.1, -0.05) is 90.4 Å². The maximum atomic E-state index is 13.1. The fraction of sp³-hybridized carbons (Fsp3) is 1.00. The highest BCUT2D eigenvalue weighted by atomic mass is 19.4. The number of hydrogen-bond donors (Lipinski definition) is 0. The Bertz CT molecular complexity index is 337. The summed E-state index contributed by atoms with van der Waals surface area (Å²) in [6, 6.07) is 0. The molecule has 0 spiro atoms. The standard InChI is InChI=1S/C19H33F7/c1-2-3-4-5-6-7-8-9-10-11-12-13-14-15-16-17(20,21)18(22,23)19(24,25)26/h2-16H2,1H3. The quantitative estimate of drug-likeness (QED) is 0.181. The van der Waals surface area contributed by atoms with Gasteiger partial charge in [-0.15, -0.1) is 0 Å². The molecule has 7 heteroatoms. The molecule has 0 nitrogen and oxygen atoms in total. The smallest absolute Gasteiger partial charge is 0.200 e. The van der Waals surface area contributed by atoms with Crippen molar-refractivity contribution >= 4 is 0 Å². The van der Waals surface area contributed by atoms with E-state index in [0.29, 0.717) is 6.42 Å². The Labute approximate surface area is 152 Å². The Morgan fingerprint density at radius 2 is 0.769 bits per heavy atom. The molecule has 0 radical (unpaired) electrons. The zero-order chi connectivity index (χ0) is 20.1. The van der Waals surface area contributed by atoms with E-state index in [1.54, 1.807) is 0 Å². The predicted molar refractivity (Wildman–Crippen MR) is 90.9 cm³/mol. The van der Waals surface area contributed by atoms with Crippen LogP contribution >= 0.6 is 0 Å². The minimum absolute atomic E-state index is 0.251. The molecule has 26 heavy (non-hydrogen) atoms. The lowest BCUT2D eigenvalue weighted by molar-refractivity contribution is -0.355. The highest BCUT2D eigenvalue weighted by Crippen LogP contribution is 2.48. The third-order valence-electron chi connectivity index (χ3n) is 4.66. The van der Waals surface area contributed by atoms with Crippen LogP contribution in [0.1, 0.15) is 103 Å². The second-order valence-corrected chi connectivity index (χ2v) is 7.12. The van der Waals surface area contributed by atoms with Crippen LogP contribution in [0.15, 0.2) is 0 Å². The van der Waals surface area contributed by atoms with Crippen LogP contribution in [-0.2, 0) is 0 Å². The molecule has 0 aromatic rings. The lowest BCUT2D eigenvalue weighted by atomic mass is 10.0. The van der Waals surface area contributed by atoms with Gasteiger partial charge in [-0.05, 0) is 6.42 Å². The van der Waals surface area contributed by atoms with Crippen LogP contribution in [0.5, 0.6) is 0 Å². The maximum absolute atomic E-state index is 13.1. The topological polar surface area (TPSA) is 0 Å². The van der Waals surface area contributed by atoms with Gasteiger partial charge in [0.15, 0.2) is 0 Å². The summed E-state index contributed by atoms with van der Waals surface area (Å²) in [5.41, 5.74) is 0. The second kappa shape index (κ2) is 12.8. The third kappa shape index (κ3) is 10.0. The molecule has 0 aliphatic rings. The lowest BCUT2D eigenvalue weighted by Gasteiger charge is -2.28. The zero-order valence-corrected chi connectivity index (χ0v) is 15.8. The van der Waals surface area contributed by atoms with Crippen molar-refractivity contribution in [3.8, 4) is 0 Å². The van der Waals surface area contributed by atoms with Crippen LogP contribution in [-0.4, -0.2) is 18.0 Å². The first-order valence-corrected chi connectivity index (χ1v) is 9.88. The van der Waals surface area contributed by atoms with Gasteiger partial charge in [0.1, 0.15) is 0 Å². The average molecular weight is 394 g/mol. The number of rotatable bonds is 16. The van der Waals surface area contributed by atoms with E-state index < -0.39 is 24.4 Å². The molecule has 0 atom stereocenters. The maximum Gasteiger partial charge on any atom is 0.459 e. The molecule has 0 N–H and O–H groups in total. The number of hydrogen-bond acceptors (Lipinski definition) is 0. The number of unbranched alkanes of at least 4 members (excludes halogenated alkanes) is 13. The Hall–Kier alpha value is -0.490. The normalized spacial score (nSPS) is 13.4. The van der Waals surface area contributed by atoms with Gasteiger partial charge < -0.3 is 0 Å². The minimum atomic E-state index is -6.22. The molecule has 0 fully saturated rings. The van der Waals surface area contributed by atoms with E-state index in [9.17, 15) is 30.7 Å². The van der Waals surface area contributed by atoms with Gasteiger partial charge >= 0.3 is 18.0 Å². The van der Waals surface area contributed by atoms with Crippen molar-refractivity contribution in [2.24, 2.45) is 0 Å². The van der Waals surface area contributed by atoms with Crippen LogP contribution in [0, 0.1) is 0 Å². The molecule has 0 rings (SSSR count). The summed E-state index contributed by atoms with van der Waals surface area (Å²) in [5, 5.41) is 0. The van der Waals surface area contributed by atoms with Crippen LogP contribution in [0.2, 0.25) is 0 Å². The van der Waals surface area contributed by atoms with Gasteiger partial charge in [0.05, 0.1) is 0 Å². The number of halogens is 7. The first-order chi connectivity index (χ1) is 12.1. The van der Waals surface area contributed by atoms with Gasteiger partial charge in [-0.3, -0.25) is 0 Å². The Balaban J connectivity index is 3.56. The third-order valence-corrected chi connectivity index (χ3v) is 4.66. The minimum Gasteiger partial charge on any atom is -0.200 e. The molecule has 0 amide bonds. The molecule has 0 saturated carbocycles. The molecule has 158 valence electrons. The van der Waals surface area contributed by atoms with Crippen molar-refractivity contribution in [2.45, 2.75) is 121 Å². The molecular weight excluding hydrogens is 361 g/mol. The van der Waals surface area contributed by atoms with E-state index in [0.717, 1.165) is 25.7 Å². The van der Waals surface area contributed by atoms with E-state index in [2.05, 4.69) is 6.92 Å². The molecule has 0 unspecified atom stereocenters. The highest BCUT2D eigenvalue weighted by Gasteiger charge is 2.72. The Morgan fingerprint density at radius 1 is 0.462 bits per heavy atom. The van der Waals surface area contributed by atoms with E-state index in [1.165, 1.54) is 44.9 Å². The first kappa shape index (κ1) is 25.5. The monoisotopic (exact) mass is 394 g/mol. The molecular formula is C19H33F7. The summed E-state index contributed by atoms with van der Waals surface area (Å²) in [7, 11) is 0. The van der Waals surface area contributed by atoms with Gasteiger partial charge in [0, 0.05) is 6.42 Å². The van der Waals surface area contributed by atoms with Crippen molar-refractivity contribution in [3.63, 3.8) is 0 Å². The van der Waals surface area contributed by atoms with Gasteiger partial charge in [-0.25, -0.2) is 0 Å². The van der Waals surface area contributed by atoms with Crippen molar-refractivity contribution < 1.29 is 30.7 Å². The molecule has 0 aliphatic heterocycles. The summed E-state index contributed by atoms with van der Waals surface area (Å²) in [4.78, 5) is 0. The fourth-order valence-corrected chi connectivity index (χ4v) is 2.91. The van der Waals surface area contributed by atoms with E-state index in [1.807, 2.05) is 0 Å². The summed E-state index contributed by atoms with van der Waals surface area (Å²) in [6.45, 7) is 2.18. The van der Waals surface area contributed by atoms with Crippen LogP contribution in [0.25, 0.3) is 0 Å². The highest BCUT2D eigenvalue weighted by molar-refractivity contribution is 4.90. The summed E-state index contributed by atoms with van der Waals surface area (Å²) in [5.74, 6) is -11.0. The van der Waals surface area contributed by atoms with Gasteiger partial charge in [-0.2, -0.15) is 30.7 Å². The first-order valence-electron chi connectivity index (χ1n) is 9.88. The van der Waals surface area contributed by atoms with Crippen molar-refractivity contribution in [3.05, 3.63) is 0 Å². The average Bonchev–Trinajstić information content (AvgIpc) is 2.54. The molecule has 0 aromatic carbocycles. The molecule has 0 aromatic heterocycles. The fourth-order valence-electron chi connectivity index (χ4n) is 2.91. The Morgan fingerprint density at radius 3 is 1.08 bits per heavy atom. The van der Waals surface area contributed by atoms with Crippen molar-refractivity contribution in [2.75, 3.05) is 0 Å². The summed E-state index contributed by atoms with van der Waals surface area (Å²) in [6.07, 6.45) is 5.59. The zero-order valence-electron chi connectivity index (χ0n) is 15.8. The van der Waals surface area contributed by atoms with E-state index in [-0.39, 0.29) is 12.8 Å². The largest absolute Gasteiger partial charge is 0.459 e. The van der Waals surface area contributed by atoms with Crippen LogP contribution in [0.4, 0.5) is 30.7 Å². The molecule has 0 bridgehead atoms. The number of alkyl halides is 7. The van der Waals surface area contributed by atoms with Crippen molar-refractivity contribution in [1.82, 2.24) is 0 Å². The van der Waals surface area contributed by atoms with E-state index in [4.69, 9.17) is 0 Å². The van der Waals surface area contributed by atoms with Crippen LogP contribution < -0.4 is 0 Å².